The lowest BCUT2D eigenvalue weighted by atomic mass is 10.1. The Hall–Kier alpha value is -0.0800. The molecule has 0 aromatic heterocycles. The van der Waals surface area contributed by atoms with Crippen LogP contribution in [0.3, 0.4) is 0 Å². The summed E-state index contributed by atoms with van der Waals surface area (Å²) in [4.78, 5) is 0. The first-order chi connectivity index (χ1) is 4.30. The second kappa shape index (κ2) is 3.18. The number of hydrogen-bond donors (Lipinski definition) is 0. The third-order valence-electron chi connectivity index (χ3n) is 1.59. The average Bonchev–Trinajstić information content (AvgIpc) is 1.90. The maximum atomic E-state index is 5.41. The Kier molecular flexibility index (Phi) is 2.49. The summed E-state index contributed by atoms with van der Waals surface area (Å²) < 4.78 is 10.6. The highest BCUT2D eigenvalue weighted by Crippen LogP contribution is 2.09. The van der Waals surface area contributed by atoms with Gasteiger partial charge in [-0.25, -0.2) is 0 Å². The molecule has 2 heteroatoms. The van der Waals surface area contributed by atoms with E-state index < -0.39 is 0 Å². The van der Waals surface area contributed by atoms with Gasteiger partial charge in [0.05, 0.1) is 25.9 Å². The molecule has 0 aliphatic carbocycles. The first-order valence-electron chi connectivity index (χ1n) is 3.50. The molecule has 54 valence electrons. The number of rotatable bonds is 1. The summed E-state index contributed by atoms with van der Waals surface area (Å²) in [5.74, 6) is 0.588. The summed E-state index contributed by atoms with van der Waals surface area (Å²) >= 11 is 0. The molecule has 9 heavy (non-hydrogen) atoms. The van der Waals surface area contributed by atoms with Crippen LogP contribution in [-0.2, 0) is 9.47 Å². The predicted octanol–water partition coefficient (Wildman–Crippen LogP) is 1.06. The highest BCUT2D eigenvalue weighted by atomic mass is 16.6. The zero-order valence-electron chi connectivity index (χ0n) is 6.09. The number of ether oxygens (including phenoxy) is 2. The Labute approximate surface area is 56.2 Å². The summed E-state index contributed by atoms with van der Waals surface area (Å²) in [7, 11) is 0. The molecule has 0 aromatic rings. The fourth-order valence-electron chi connectivity index (χ4n) is 0.891. The van der Waals surface area contributed by atoms with Crippen molar-refractivity contribution in [1.82, 2.24) is 0 Å². The van der Waals surface area contributed by atoms with E-state index in [1.54, 1.807) is 0 Å². The van der Waals surface area contributed by atoms with Gasteiger partial charge in [-0.3, -0.25) is 0 Å². The van der Waals surface area contributed by atoms with Crippen LogP contribution in [0.4, 0.5) is 0 Å². The van der Waals surface area contributed by atoms with Crippen LogP contribution in [0.1, 0.15) is 13.8 Å². The van der Waals surface area contributed by atoms with Crippen molar-refractivity contribution < 1.29 is 9.47 Å². The van der Waals surface area contributed by atoms with E-state index >= 15 is 0 Å². The third-order valence-corrected chi connectivity index (χ3v) is 1.59. The smallest absolute Gasteiger partial charge is 0.0832 e. The van der Waals surface area contributed by atoms with Gasteiger partial charge in [-0.05, 0) is 5.92 Å². The lowest BCUT2D eigenvalue weighted by Crippen LogP contribution is -2.32. The molecule has 1 unspecified atom stereocenters. The van der Waals surface area contributed by atoms with E-state index in [2.05, 4.69) is 13.8 Å². The summed E-state index contributed by atoms with van der Waals surface area (Å²) in [6.45, 7) is 6.61. The molecule has 1 heterocycles. The van der Waals surface area contributed by atoms with Crippen molar-refractivity contribution in [2.75, 3.05) is 19.8 Å². The third kappa shape index (κ3) is 1.95. The Balaban J connectivity index is 2.23. The Bertz CT molecular complexity index is 75.0. The monoisotopic (exact) mass is 130 g/mol. The minimum Gasteiger partial charge on any atom is -0.376 e. The normalized spacial score (nSPS) is 29.0. The molecule has 1 aliphatic rings. The molecular formula is C7H14O2. The van der Waals surface area contributed by atoms with Gasteiger partial charge in [0.1, 0.15) is 0 Å². The quantitative estimate of drug-likeness (QED) is 0.528. The SMILES string of the molecule is CC(C)C1COCCO1. The standard InChI is InChI=1S/C7H14O2/c1-6(2)7-5-8-3-4-9-7/h6-7H,3-5H2,1-2H3. The summed E-state index contributed by atoms with van der Waals surface area (Å²) in [6.07, 6.45) is 0.332. The van der Waals surface area contributed by atoms with E-state index in [1.165, 1.54) is 0 Å². The van der Waals surface area contributed by atoms with Gasteiger partial charge in [0.15, 0.2) is 0 Å². The van der Waals surface area contributed by atoms with Gasteiger partial charge < -0.3 is 9.47 Å². The Morgan fingerprint density at radius 1 is 1.33 bits per heavy atom. The van der Waals surface area contributed by atoms with Gasteiger partial charge in [0.25, 0.3) is 0 Å². The molecule has 1 atom stereocenters. The van der Waals surface area contributed by atoms with Crippen molar-refractivity contribution in [3.05, 3.63) is 0 Å². The molecule has 0 radical (unpaired) electrons. The van der Waals surface area contributed by atoms with Crippen molar-refractivity contribution in [2.45, 2.75) is 20.0 Å². The van der Waals surface area contributed by atoms with Crippen molar-refractivity contribution in [3.8, 4) is 0 Å². The first-order valence-corrected chi connectivity index (χ1v) is 3.50. The average molecular weight is 130 g/mol. The van der Waals surface area contributed by atoms with Crippen LogP contribution < -0.4 is 0 Å². The van der Waals surface area contributed by atoms with Crippen molar-refractivity contribution in [2.24, 2.45) is 5.92 Å². The van der Waals surface area contributed by atoms with E-state index in [0.717, 1.165) is 19.8 Å². The molecule has 1 aliphatic heterocycles. The van der Waals surface area contributed by atoms with E-state index in [1.807, 2.05) is 0 Å². The maximum Gasteiger partial charge on any atom is 0.0832 e. The fraction of sp³-hybridized carbons (Fsp3) is 1.00. The molecule has 0 aromatic carbocycles. The lowest BCUT2D eigenvalue weighted by molar-refractivity contribution is -0.105. The number of hydrogen-bond acceptors (Lipinski definition) is 2. The van der Waals surface area contributed by atoms with Crippen LogP contribution in [0.2, 0.25) is 0 Å². The largest absolute Gasteiger partial charge is 0.376 e. The summed E-state index contributed by atoms with van der Waals surface area (Å²) in [5, 5.41) is 0. The summed E-state index contributed by atoms with van der Waals surface area (Å²) in [5.41, 5.74) is 0. The molecule has 0 bridgehead atoms. The van der Waals surface area contributed by atoms with Gasteiger partial charge in [-0.1, -0.05) is 13.8 Å². The molecular weight excluding hydrogens is 116 g/mol. The van der Waals surface area contributed by atoms with Crippen LogP contribution in [0.5, 0.6) is 0 Å². The van der Waals surface area contributed by atoms with Gasteiger partial charge in [0.2, 0.25) is 0 Å². The van der Waals surface area contributed by atoms with E-state index in [9.17, 15) is 0 Å². The van der Waals surface area contributed by atoms with Gasteiger partial charge in [-0.2, -0.15) is 0 Å². The highest BCUT2D eigenvalue weighted by Gasteiger charge is 2.16. The van der Waals surface area contributed by atoms with Crippen LogP contribution in [0, 0.1) is 5.92 Å². The Morgan fingerprint density at radius 2 is 2.11 bits per heavy atom. The van der Waals surface area contributed by atoms with Crippen molar-refractivity contribution in [1.29, 1.82) is 0 Å². The molecule has 0 amide bonds. The van der Waals surface area contributed by atoms with Crippen LogP contribution in [-0.4, -0.2) is 25.9 Å². The van der Waals surface area contributed by atoms with Crippen LogP contribution >= 0.6 is 0 Å². The molecule has 1 fully saturated rings. The van der Waals surface area contributed by atoms with Gasteiger partial charge in [0, 0.05) is 0 Å². The van der Waals surface area contributed by atoms with Gasteiger partial charge in [-0.15, -0.1) is 0 Å². The van der Waals surface area contributed by atoms with Crippen LogP contribution in [0.15, 0.2) is 0 Å². The molecule has 1 rings (SSSR count). The topological polar surface area (TPSA) is 18.5 Å². The van der Waals surface area contributed by atoms with E-state index in [-0.39, 0.29) is 0 Å². The van der Waals surface area contributed by atoms with Gasteiger partial charge >= 0.3 is 0 Å². The minimum atomic E-state index is 0.332. The predicted molar refractivity (Wildman–Crippen MR) is 35.4 cm³/mol. The fourth-order valence-corrected chi connectivity index (χ4v) is 0.891. The maximum absolute atomic E-state index is 5.41. The zero-order valence-corrected chi connectivity index (χ0v) is 6.09. The minimum absolute atomic E-state index is 0.332. The lowest BCUT2D eigenvalue weighted by Gasteiger charge is -2.25. The van der Waals surface area contributed by atoms with Crippen molar-refractivity contribution in [3.63, 3.8) is 0 Å². The molecule has 0 N–H and O–H groups in total. The van der Waals surface area contributed by atoms with Crippen molar-refractivity contribution >= 4 is 0 Å². The zero-order chi connectivity index (χ0) is 6.69. The summed E-state index contributed by atoms with van der Waals surface area (Å²) in [6, 6.07) is 0. The first kappa shape index (κ1) is 7.03. The second-order valence-electron chi connectivity index (χ2n) is 2.73. The molecule has 2 nitrogen and oxygen atoms in total. The molecule has 1 saturated heterocycles. The molecule has 0 saturated carbocycles. The van der Waals surface area contributed by atoms with E-state index in [0.29, 0.717) is 12.0 Å². The van der Waals surface area contributed by atoms with E-state index in [4.69, 9.17) is 9.47 Å². The molecule has 0 spiro atoms. The Morgan fingerprint density at radius 3 is 2.44 bits per heavy atom. The van der Waals surface area contributed by atoms with Crippen LogP contribution in [0.25, 0.3) is 0 Å². The highest BCUT2D eigenvalue weighted by molar-refractivity contribution is 4.63. The second-order valence-corrected chi connectivity index (χ2v) is 2.73.